The summed E-state index contributed by atoms with van der Waals surface area (Å²) in [6.45, 7) is 1.37. The Morgan fingerprint density at radius 2 is 2.21 bits per heavy atom. The van der Waals surface area contributed by atoms with E-state index in [1.807, 2.05) is 25.2 Å². The lowest BCUT2D eigenvalue weighted by molar-refractivity contribution is 0.884. The molecule has 2 rings (SSSR count). The summed E-state index contributed by atoms with van der Waals surface area (Å²) in [5.74, 6) is 0. The van der Waals surface area contributed by atoms with Gasteiger partial charge in [-0.2, -0.15) is 5.26 Å². The van der Waals surface area contributed by atoms with Crippen molar-refractivity contribution in [2.75, 3.05) is 18.5 Å². The van der Waals surface area contributed by atoms with Crippen molar-refractivity contribution in [3.8, 4) is 6.07 Å². The smallest absolute Gasteiger partial charge is 0.101 e. The Hall–Kier alpha value is -1.83. The van der Waals surface area contributed by atoms with Gasteiger partial charge in [-0.05, 0) is 35.6 Å². The third kappa shape index (κ3) is 3.34. The van der Waals surface area contributed by atoms with E-state index in [4.69, 9.17) is 5.73 Å². The summed E-state index contributed by atoms with van der Waals surface area (Å²) in [5.41, 5.74) is 8.25. The molecule has 1 aromatic heterocycles. The molecule has 0 aliphatic heterocycles. The maximum absolute atomic E-state index is 9.22. The fourth-order valence-electron chi connectivity index (χ4n) is 1.99. The lowest BCUT2D eigenvalue weighted by atomic mass is 10.1. The Bertz CT molecular complexity index is 570. The number of rotatable bonds is 5. The topological polar surface area (TPSA) is 53.0 Å². The van der Waals surface area contributed by atoms with E-state index in [9.17, 15) is 5.26 Å². The monoisotopic (exact) mass is 271 g/mol. The molecule has 0 saturated heterocycles. The number of thiophene rings is 1. The minimum absolute atomic E-state index is 0.466. The molecular formula is C15H17N3S. The van der Waals surface area contributed by atoms with Crippen LogP contribution in [0.3, 0.4) is 0 Å². The van der Waals surface area contributed by atoms with E-state index in [0.29, 0.717) is 12.1 Å². The summed E-state index contributed by atoms with van der Waals surface area (Å²) in [6, 6.07) is 12.3. The Labute approximate surface area is 117 Å². The highest BCUT2D eigenvalue weighted by Crippen LogP contribution is 2.21. The summed E-state index contributed by atoms with van der Waals surface area (Å²) in [6.07, 6.45) is 0.998. The molecule has 2 N–H and O–H groups in total. The number of hydrogen-bond acceptors (Lipinski definition) is 4. The Kier molecular flexibility index (Phi) is 4.56. The lowest BCUT2D eigenvalue weighted by Gasteiger charge is -2.20. The molecule has 0 aliphatic carbocycles. The van der Waals surface area contributed by atoms with Crippen LogP contribution in [0.2, 0.25) is 0 Å². The van der Waals surface area contributed by atoms with E-state index >= 15 is 0 Å². The highest BCUT2D eigenvalue weighted by Gasteiger charge is 2.08. The highest BCUT2D eigenvalue weighted by molar-refractivity contribution is 7.09. The molecule has 3 nitrogen and oxygen atoms in total. The van der Waals surface area contributed by atoms with Gasteiger partial charge in [-0.1, -0.05) is 12.1 Å². The van der Waals surface area contributed by atoms with E-state index in [2.05, 4.69) is 28.5 Å². The fraction of sp³-hybridized carbons (Fsp3) is 0.267. The second kappa shape index (κ2) is 6.37. The van der Waals surface area contributed by atoms with Gasteiger partial charge in [-0.15, -0.1) is 11.3 Å². The molecule has 0 atom stereocenters. The van der Waals surface area contributed by atoms with Gasteiger partial charge in [0.15, 0.2) is 0 Å². The number of anilines is 1. The van der Waals surface area contributed by atoms with Crippen molar-refractivity contribution in [3.05, 3.63) is 51.7 Å². The Morgan fingerprint density at radius 1 is 1.37 bits per heavy atom. The zero-order valence-corrected chi connectivity index (χ0v) is 11.8. The average molecular weight is 271 g/mol. The number of likely N-dealkylation sites (N-methyl/N-ethyl adjacent to an activating group) is 1. The lowest BCUT2D eigenvalue weighted by Crippen LogP contribution is -2.21. The van der Waals surface area contributed by atoms with Gasteiger partial charge >= 0.3 is 0 Å². The predicted molar refractivity (Wildman–Crippen MR) is 80.3 cm³/mol. The SMILES string of the molecule is CN(CCc1cccs1)c1ccc(CN)cc1C#N. The molecule has 0 aliphatic rings. The zero-order chi connectivity index (χ0) is 13.7. The van der Waals surface area contributed by atoms with Crippen LogP contribution in [0, 0.1) is 11.3 Å². The molecule has 98 valence electrons. The van der Waals surface area contributed by atoms with Gasteiger partial charge in [-0.3, -0.25) is 0 Å². The first-order valence-electron chi connectivity index (χ1n) is 6.21. The number of hydrogen-bond donors (Lipinski definition) is 1. The summed E-state index contributed by atoms with van der Waals surface area (Å²) in [4.78, 5) is 3.49. The van der Waals surface area contributed by atoms with Crippen molar-refractivity contribution >= 4 is 17.0 Å². The van der Waals surface area contributed by atoms with Crippen LogP contribution < -0.4 is 10.6 Å². The summed E-state index contributed by atoms with van der Waals surface area (Å²) >= 11 is 1.77. The molecule has 1 aromatic carbocycles. The fourth-order valence-corrected chi connectivity index (χ4v) is 2.68. The Balaban J connectivity index is 2.10. The number of nitriles is 1. The molecular weight excluding hydrogens is 254 g/mol. The quantitative estimate of drug-likeness (QED) is 0.909. The molecule has 1 heterocycles. The van der Waals surface area contributed by atoms with Crippen molar-refractivity contribution in [1.29, 1.82) is 5.26 Å². The molecule has 0 fully saturated rings. The summed E-state index contributed by atoms with van der Waals surface area (Å²) in [5, 5.41) is 11.3. The molecule has 0 spiro atoms. The van der Waals surface area contributed by atoms with Crippen molar-refractivity contribution in [1.82, 2.24) is 0 Å². The molecule has 0 saturated carbocycles. The van der Waals surface area contributed by atoms with E-state index in [-0.39, 0.29) is 0 Å². The van der Waals surface area contributed by atoms with E-state index in [1.165, 1.54) is 4.88 Å². The normalized spacial score (nSPS) is 10.2. The predicted octanol–water partition coefficient (Wildman–Crippen LogP) is 2.76. The number of nitrogens with two attached hydrogens (primary N) is 1. The van der Waals surface area contributed by atoms with Crippen LogP contribution in [0.25, 0.3) is 0 Å². The molecule has 4 heteroatoms. The van der Waals surface area contributed by atoms with E-state index in [0.717, 1.165) is 24.2 Å². The molecule has 0 amide bonds. The van der Waals surface area contributed by atoms with Crippen LogP contribution in [0.4, 0.5) is 5.69 Å². The second-order valence-corrected chi connectivity index (χ2v) is 5.45. The van der Waals surface area contributed by atoms with Gasteiger partial charge in [-0.25, -0.2) is 0 Å². The van der Waals surface area contributed by atoms with Crippen LogP contribution in [0.5, 0.6) is 0 Å². The van der Waals surface area contributed by atoms with Gasteiger partial charge < -0.3 is 10.6 Å². The third-order valence-corrected chi connectivity index (χ3v) is 4.04. The van der Waals surface area contributed by atoms with Crippen LogP contribution >= 0.6 is 11.3 Å². The van der Waals surface area contributed by atoms with Crippen molar-refractivity contribution in [2.45, 2.75) is 13.0 Å². The Morgan fingerprint density at radius 3 is 2.84 bits per heavy atom. The van der Waals surface area contributed by atoms with Crippen molar-refractivity contribution < 1.29 is 0 Å². The standard InChI is InChI=1S/C15H17N3S/c1-18(7-6-14-3-2-8-19-14)15-5-4-12(10-16)9-13(15)11-17/h2-5,8-9H,6-7,10,16H2,1H3. The number of nitrogens with zero attached hydrogens (tertiary/aromatic N) is 2. The minimum atomic E-state index is 0.466. The summed E-state index contributed by atoms with van der Waals surface area (Å²) < 4.78 is 0. The van der Waals surface area contributed by atoms with Gasteiger partial charge in [0, 0.05) is 25.0 Å². The van der Waals surface area contributed by atoms with Gasteiger partial charge in [0.2, 0.25) is 0 Å². The van der Waals surface area contributed by atoms with Gasteiger partial charge in [0.25, 0.3) is 0 Å². The van der Waals surface area contributed by atoms with Crippen molar-refractivity contribution in [3.63, 3.8) is 0 Å². The maximum atomic E-state index is 9.22. The molecule has 0 bridgehead atoms. The van der Waals surface area contributed by atoms with Crippen LogP contribution in [-0.4, -0.2) is 13.6 Å². The van der Waals surface area contributed by atoms with E-state index < -0.39 is 0 Å². The molecule has 2 aromatic rings. The van der Waals surface area contributed by atoms with Crippen LogP contribution in [-0.2, 0) is 13.0 Å². The highest BCUT2D eigenvalue weighted by atomic mass is 32.1. The van der Waals surface area contributed by atoms with Crippen molar-refractivity contribution in [2.24, 2.45) is 5.73 Å². The first kappa shape index (κ1) is 13.6. The zero-order valence-electron chi connectivity index (χ0n) is 11.0. The van der Waals surface area contributed by atoms with Gasteiger partial charge in [0.1, 0.15) is 6.07 Å². The molecule has 19 heavy (non-hydrogen) atoms. The first-order valence-corrected chi connectivity index (χ1v) is 7.09. The maximum Gasteiger partial charge on any atom is 0.101 e. The summed E-state index contributed by atoms with van der Waals surface area (Å²) in [7, 11) is 2.02. The molecule has 0 unspecified atom stereocenters. The third-order valence-electron chi connectivity index (χ3n) is 3.10. The average Bonchev–Trinajstić information content (AvgIpc) is 2.97. The number of benzene rings is 1. The van der Waals surface area contributed by atoms with Crippen LogP contribution in [0.1, 0.15) is 16.0 Å². The van der Waals surface area contributed by atoms with Crippen LogP contribution in [0.15, 0.2) is 35.7 Å². The van der Waals surface area contributed by atoms with Gasteiger partial charge in [0.05, 0.1) is 11.3 Å². The minimum Gasteiger partial charge on any atom is -0.373 e. The largest absolute Gasteiger partial charge is 0.373 e. The second-order valence-electron chi connectivity index (χ2n) is 4.42. The van der Waals surface area contributed by atoms with E-state index in [1.54, 1.807) is 11.3 Å². The first-order chi connectivity index (χ1) is 9.24. The molecule has 0 radical (unpaired) electrons.